The first kappa shape index (κ1) is 20.9. The van der Waals surface area contributed by atoms with Crippen molar-refractivity contribution in [2.75, 3.05) is 13.1 Å². The molecular formula is C21H22N2O5S. The number of benzene rings is 2. The number of aromatic hydroxyl groups is 1. The monoisotopic (exact) mass is 414 g/mol. The number of non-ortho nitro benzene ring substituents is 1. The zero-order chi connectivity index (χ0) is 21.0. The minimum Gasteiger partial charge on any atom is -0.508 e. The SMILES string of the molecule is C[C@H](Sc1ccc([N+](=O)[O-])cc1)C(=O)N1CCC(C(=O)c2ccc(O)cc2)CC1. The van der Waals surface area contributed by atoms with Crippen LogP contribution in [0.25, 0.3) is 0 Å². The van der Waals surface area contributed by atoms with Gasteiger partial charge in [-0.15, -0.1) is 11.8 Å². The second-order valence-electron chi connectivity index (χ2n) is 7.02. The van der Waals surface area contributed by atoms with Gasteiger partial charge in [-0.1, -0.05) is 0 Å². The number of hydrogen-bond acceptors (Lipinski definition) is 6. The Labute approximate surface area is 172 Å². The lowest BCUT2D eigenvalue weighted by molar-refractivity contribution is -0.384. The molecule has 8 heteroatoms. The maximum atomic E-state index is 12.7. The van der Waals surface area contributed by atoms with Gasteiger partial charge in [-0.3, -0.25) is 19.7 Å². The quantitative estimate of drug-likeness (QED) is 0.333. The average Bonchev–Trinajstić information content (AvgIpc) is 2.73. The predicted octanol–water partition coefficient (Wildman–Crippen LogP) is 3.90. The van der Waals surface area contributed by atoms with E-state index in [2.05, 4.69) is 0 Å². The van der Waals surface area contributed by atoms with E-state index in [4.69, 9.17) is 0 Å². The molecule has 0 aromatic heterocycles. The second-order valence-corrected chi connectivity index (χ2v) is 8.44. The molecule has 1 fully saturated rings. The van der Waals surface area contributed by atoms with Crippen LogP contribution in [0.2, 0.25) is 0 Å². The van der Waals surface area contributed by atoms with E-state index in [0.29, 0.717) is 31.5 Å². The topological polar surface area (TPSA) is 101 Å². The summed E-state index contributed by atoms with van der Waals surface area (Å²) in [7, 11) is 0. The minimum atomic E-state index is -0.452. The van der Waals surface area contributed by atoms with E-state index in [1.165, 1.54) is 36.0 Å². The fourth-order valence-corrected chi connectivity index (χ4v) is 4.33. The van der Waals surface area contributed by atoms with Crippen molar-refractivity contribution < 1.29 is 19.6 Å². The third-order valence-corrected chi connectivity index (χ3v) is 6.14. The van der Waals surface area contributed by atoms with Crippen LogP contribution < -0.4 is 0 Å². The standard InChI is InChI=1S/C21H22N2O5S/c1-14(29-19-8-4-17(5-9-19)23(27)28)21(26)22-12-10-16(11-13-22)20(25)15-2-6-18(24)7-3-15/h2-9,14,16,24H,10-13H2,1H3/t14-/m0/s1. The first-order valence-corrected chi connectivity index (χ1v) is 10.3. The van der Waals surface area contributed by atoms with Crippen LogP contribution in [-0.4, -0.2) is 45.0 Å². The number of rotatable bonds is 6. The van der Waals surface area contributed by atoms with Crippen LogP contribution in [0.4, 0.5) is 5.69 Å². The summed E-state index contributed by atoms with van der Waals surface area (Å²) in [4.78, 5) is 38.2. The van der Waals surface area contributed by atoms with E-state index in [1.807, 2.05) is 6.92 Å². The van der Waals surface area contributed by atoms with Crippen molar-refractivity contribution in [3.05, 3.63) is 64.2 Å². The van der Waals surface area contributed by atoms with Crippen molar-refractivity contribution in [2.45, 2.75) is 29.9 Å². The number of nitro benzene ring substituents is 1. The molecule has 0 unspecified atom stereocenters. The van der Waals surface area contributed by atoms with Crippen molar-refractivity contribution in [3.63, 3.8) is 0 Å². The molecule has 29 heavy (non-hydrogen) atoms. The number of carbonyl (C=O) groups is 2. The highest BCUT2D eigenvalue weighted by atomic mass is 32.2. The Balaban J connectivity index is 1.53. The number of Topliss-reactive ketones (excluding diaryl/α,β-unsaturated/α-hetero) is 1. The summed E-state index contributed by atoms with van der Waals surface area (Å²) in [6, 6.07) is 12.4. The Morgan fingerprint density at radius 3 is 2.24 bits per heavy atom. The van der Waals surface area contributed by atoms with E-state index in [0.717, 1.165) is 4.90 Å². The van der Waals surface area contributed by atoms with E-state index in [-0.39, 0.29) is 34.3 Å². The highest BCUT2D eigenvalue weighted by molar-refractivity contribution is 8.00. The normalized spacial score (nSPS) is 15.7. The van der Waals surface area contributed by atoms with Crippen molar-refractivity contribution in [1.82, 2.24) is 4.90 Å². The number of thioether (sulfide) groups is 1. The van der Waals surface area contributed by atoms with Crippen molar-refractivity contribution in [1.29, 1.82) is 0 Å². The largest absolute Gasteiger partial charge is 0.508 e. The van der Waals surface area contributed by atoms with E-state index >= 15 is 0 Å². The number of ketones is 1. The lowest BCUT2D eigenvalue weighted by Crippen LogP contribution is -2.43. The molecule has 2 aromatic rings. The number of amides is 1. The Morgan fingerprint density at radius 1 is 1.10 bits per heavy atom. The van der Waals surface area contributed by atoms with Gasteiger partial charge in [0, 0.05) is 41.6 Å². The fourth-order valence-electron chi connectivity index (χ4n) is 3.38. The smallest absolute Gasteiger partial charge is 0.269 e. The average molecular weight is 414 g/mol. The number of piperidine rings is 1. The molecule has 7 nitrogen and oxygen atoms in total. The van der Waals surface area contributed by atoms with Crippen LogP contribution in [0.15, 0.2) is 53.4 Å². The van der Waals surface area contributed by atoms with E-state index < -0.39 is 4.92 Å². The molecule has 0 spiro atoms. The third-order valence-electron chi connectivity index (χ3n) is 5.04. The number of carbonyl (C=O) groups excluding carboxylic acids is 2. The number of phenolic OH excluding ortho intramolecular Hbond substituents is 1. The zero-order valence-corrected chi connectivity index (χ0v) is 16.8. The van der Waals surface area contributed by atoms with Crippen molar-refractivity contribution in [3.8, 4) is 5.75 Å². The highest BCUT2D eigenvalue weighted by Crippen LogP contribution is 2.28. The molecule has 2 aromatic carbocycles. The van der Waals surface area contributed by atoms with Gasteiger partial charge in [0.1, 0.15) is 5.75 Å². The molecule has 1 saturated heterocycles. The number of hydrogen-bond donors (Lipinski definition) is 1. The van der Waals surface area contributed by atoms with Gasteiger partial charge in [-0.05, 0) is 56.2 Å². The van der Waals surface area contributed by atoms with Gasteiger partial charge in [0.15, 0.2) is 5.78 Å². The molecule has 3 rings (SSSR count). The van der Waals surface area contributed by atoms with Crippen LogP contribution >= 0.6 is 11.8 Å². The Hall–Kier alpha value is -2.87. The van der Waals surface area contributed by atoms with Crippen LogP contribution in [0.1, 0.15) is 30.1 Å². The maximum Gasteiger partial charge on any atom is 0.269 e. The molecule has 0 radical (unpaired) electrons. The molecule has 1 aliphatic heterocycles. The predicted molar refractivity (Wildman–Crippen MR) is 110 cm³/mol. The number of likely N-dealkylation sites (tertiary alicyclic amines) is 1. The number of nitrogens with zero attached hydrogens (tertiary/aromatic N) is 2. The van der Waals surface area contributed by atoms with Gasteiger partial charge >= 0.3 is 0 Å². The summed E-state index contributed by atoms with van der Waals surface area (Å²) in [6.07, 6.45) is 1.22. The van der Waals surface area contributed by atoms with Crippen LogP contribution in [0, 0.1) is 16.0 Å². The zero-order valence-electron chi connectivity index (χ0n) is 16.0. The molecule has 1 amide bonds. The van der Waals surface area contributed by atoms with E-state index in [9.17, 15) is 24.8 Å². The van der Waals surface area contributed by atoms with Crippen LogP contribution in [0.5, 0.6) is 5.75 Å². The summed E-state index contributed by atoms with van der Waals surface area (Å²) in [5.74, 6) is 0.0528. The van der Waals surface area contributed by atoms with Gasteiger partial charge in [-0.2, -0.15) is 0 Å². The van der Waals surface area contributed by atoms with Crippen LogP contribution in [0.3, 0.4) is 0 Å². The van der Waals surface area contributed by atoms with Gasteiger partial charge in [0.2, 0.25) is 5.91 Å². The Bertz CT molecular complexity index is 890. The van der Waals surface area contributed by atoms with Crippen molar-refractivity contribution >= 4 is 29.1 Å². The van der Waals surface area contributed by atoms with Gasteiger partial charge < -0.3 is 10.0 Å². The maximum absolute atomic E-state index is 12.7. The third kappa shape index (κ3) is 5.14. The molecule has 0 bridgehead atoms. The second kappa shape index (κ2) is 9.09. The summed E-state index contributed by atoms with van der Waals surface area (Å²) in [5.41, 5.74) is 0.600. The first-order valence-electron chi connectivity index (χ1n) is 9.38. The fraction of sp³-hybridized carbons (Fsp3) is 0.333. The minimum absolute atomic E-state index is 0.00360. The molecule has 1 heterocycles. The summed E-state index contributed by atoms with van der Waals surface area (Å²) in [5, 5.41) is 19.8. The number of nitro groups is 1. The summed E-state index contributed by atoms with van der Waals surface area (Å²) in [6.45, 7) is 2.87. The molecular weight excluding hydrogens is 392 g/mol. The Morgan fingerprint density at radius 2 is 1.69 bits per heavy atom. The van der Waals surface area contributed by atoms with Gasteiger partial charge in [0.05, 0.1) is 10.2 Å². The lowest BCUT2D eigenvalue weighted by Gasteiger charge is -2.33. The highest BCUT2D eigenvalue weighted by Gasteiger charge is 2.30. The Kier molecular flexibility index (Phi) is 6.53. The first-order chi connectivity index (χ1) is 13.8. The summed E-state index contributed by atoms with van der Waals surface area (Å²) < 4.78 is 0. The molecule has 0 saturated carbocycles. The number of phenols is 1. The molecule has 152 valence electrons. The molecule has 1 atom stereocenters. The molecule has 1 N–H and O–H groups in total. The summed E-state index contributed by atoms with van der Waals surface area (Å²) >= 11 is 1.37. The lowest BCUT2D eigenvalue weighted by atomic mass is 9.89. The van der Waals surface area contributed by atoms with Crippen LogP contribution in [-0.2, 0) is 4.79 Å². The van der Waals surface area contributed by atoms with Gasteiger partial charge in [-0.25, -0.2) is 0 Å². The molecule has 1 aliphatic rings. The van der Waals surface area contributed by atoms with Gasteiger partial charge in [0.25, 0.3) is 5.69 Å². The van der Waals surface area contributed by atoms with Crippen molar-refractivity contribution in [2.24, 2.45) is 5.92 Å². The molecule has 0 aliphatic carbocycles. The van der Waals surface area contributed by atoms with E-state index in [1.54, 1.807) is 29.2 Å².